The highest BCUT2D eigenvalue weighted by molar-refractivity contribution is 5.78. The van der Waals surface area contributed by atoms with Gasteiger partial charge in [-0.1, -0.05) is 26.8 Å². The van der Waals surface area contributed by atoms with Gasteiger partial charge < -0.3 is 5.32 Å². The minimum atomic E-state index is 0.0204. The fourth-order valence-electron chi connectivity index (χ4n) is 2.63. The van der Waals surface area contributed by atoms with Crippen molar-refractivity contribution in [3.63, 3.8) is 0 Å². The Kier molecular flexibility index (Phi) is 6.07. The number of nitrogens with zero attached hydrogens (tertiary/aromatic N) is 3. The Hall–Kier alpha value is -1.75. The molecule has 1 atom stereocenters. The van der Waals surface area contributed by atoms with Crippen molar-refractivity contribution in [3.05, 3.63) is 35.9 Å². The first-order valence-electron chi connectivity index (χ1n) is 8.07. The molecule has 5 heteroatoms. The predicted molar refractivity (Wildman–Crippen MR) is 87.1 cm³/mol. The van der Waals surface area contributed by atoms with Crippen LogP contribution in [-0.4, -0.2) is 39.9 Å². The molecule has 120 valence electrons. The Balaban J connectivity index is 1.96. The Bertz CT molecular complexity index is 513. The van der Waals surface area contributed by atoms with Crippen molar-refractivity contribution in [3.8, 4) is 0 Å². The molecule has 22 heavy (non-hydrogen) atoms. The lowest BCUT2D eigenvalue weighted by molar-refractivity contribution is -0.124. The van der Waals surface area contributed by atoms with Crippen molar-refractivity contribution in [2.75, 3.05) is 13.1 Å². The van der Waals surface area contributed by atoms with Gasteiger partial charge in [-0.05, 0) is 24.5 Å². The summed E-state index contributed by atoms with van der Waals surface area (Å²) in [6.07, 6.45) is 7.76. The minimum Gasteiger partial charge on any atom is -0.349 e. The molecule has 1 aliphatic rings. The van der Waals surface area contributed by atoms with Gasteiger partial charge >= 0.3 is 0 Å². The van der Waals surface area contributed by atoms with Crippen molar-refractivity contribution in [2.45, 2.75) is 46.2 Å². The number of rotatable bonds is 6. The molecule has 2 heterocycles. The lowest BCUT2D eigenvalue weighted by Crippen LogP contribution is -2.42. The standard InChI is InChI=1S/C17H26N4O/c1-4-15(20-17(22)13(2)3)14-7-5-10-21(11-14)12-16-18-8-6-9-19-16/h6-9,13,15H,4-5,10-12H2,1-3H3,(H,20,22)/t15-/m0/s1. The van der Waals surface area contributed by atoms with Gasteiger partial charge in [0.15, 0.2) is 0 Å². The molecule has 5 nitrogen and oxygen atoms in total. The predicted octanol–water partition coefficient (Wildman–Crippen LogP) is 2.16. The second-order valence-corrected chi connectivity index (χ2v) is 6.07. The Morgan fingerprint density at radius 2 is 2.09 bits per heavy atom. The summed E-state index contributed by atoms with van der Waals surface area (Å²) in [6.45, 7) is 8.61. The first-order valence-corrected chi connectivity index (χ1v) is 8.07. The summed E-state index contributed by atoms with van der Waals surface area (Å²) in [6, 6.07) is 1.97. The van der Waals surface area contributed by atoms with Gasteiger partial charge in [-0.3, -0.25) is 9.69 Å². The van der Waals surface area contributed by atoms with Crippen LogP contribution >= 0.6 is 0 Å². The highest BCUT2D eigenvalue weighted by Gasteiger charge is 2.22. The number of hydrogen-bond acceptors (Lipinski definition) is 4. The van der Waals surface area contributed by atoms with E-state index in [1.54, 1.807) is 12.4 Å². The maximum Gasteiger partial charge on any atom is 0.223 e. The molecule has 1 aromatic rings. The van der Waals surface area contributed by atoms with Gasteiger partial charge in [0.1, 0.15) is 5.82 Å². The van der Waals surface area contributed by atoms with E-state index in [9.17, 15) is 4.79 Å². The SMILES string of the molecule is CC[C@H](NC(=O)C(C)C)C1=CCCN(Cc2ncccn2)C1. The molecule has 0 aromatic carbocycles. The Labute approximate surface area is 132 Å². The number of aromatic nitrogens is 2. The first-order chi connectivity index (χ1) is 10.6. The van der Waals surface area contributed by atoms with Crippen LogP contribution in [0.5, 0.6) is 0 Å². The molecule has 1 aromatic heterocycles. The summed E-state index contributed by atoms with van der Waals surface area (Å²) in [4.78, 5) is 22.9. The third-order valence-electron chi connectivity index (χ3n) is 3.94. The molecule has 0 radical (unpaired) electrons. The van der Waals surface area contributed by atoms with Crippen molar-refractivity contribution in [1.29, 1.82) is 0 Å². The van der Waals surface area contributed by atoms with Gasteiger partial charge in [0.05, 0.1) is 12.6 Å². The number of carbonyl (C=O) groups is 1. The van der Waals surface area contributed by atoms with Crippen LogP contribution in [0.1, 0.15) is 39.4 Å². The third-order valence-corrected chi connectivity index (χ3v) is 3.94. The molecule has 0 saturated carbocycles. The Morgan fingerprint density at radius 1 is 1.36 bits per heavy atom. The molecular weight excluding hydrogens is 276 g/mol. The molecule has 0 unspecified atom stereocenters. The number of amides is 1. The summed E-state index contributed by atoms with van der Waals surface area (Å²) in [7, 11) is 0. The summed E-state index contributed by atoms with van der Waals surface area (Å²) in [5.41, 5.74) is 1.30. The second-order valence-electron chi connectivity index (χ2n) is 6.07. The van der Waals surface area contributed by atoms with Crippen molar-refractivity contribution < 1.29 is 4.79 Å². The van der Waals surface area contributed by atoms with Gasteiger partial charge in [0.25, 0.3) is 0 Å². The molecule has 0 aliphatic carbocycles. The fraction of sp³-hybridized carbons (Fsp3) is 0.588. The van der Waals surface area contributed by atoms with E-state index in [0.29, 0.717) is 0 Å². The van der Waals surface area contributed by atoms with E-state index in [1.165, 1.54) is 5.57 Å². The summed E-state index contributed by atoms with van der Waals surface area (Å²) in [5, 5.41) is 3.16. The number of carbonyl (C=O) groups excluding carboxylic acids is 1. The summed E-state index contributed by atoms with van der Waals surface area (Å²) in [5.74, 6) is 0.992. The highest BCUT2D eigenvalue weighted by Crippen LogP contribution is 2.17. The van der Waals surface area contributed by atoms with E-state index < -0.39 is 0 Å². The normalized spacial score (nSPS) is 17.2. The number of hydrogen-bond donors (Lipinski definition) is 1. The molecule has 1 amide bonds. The molecule has 0 spiro atoms. The molecule has 1 aliphatic heterocycles. The largest absolute Gasteiger partial charge is 0.349 e. The van der Waals surface area contributed by atoms with Crippen LogP contribution < -0.4 is 5.32 Å². The maximum atomic E-state index is 12.0. The van der Waals surface area contributed by atoms with Crippen LogP contribution in [0.25, 0.3) is 0 Å². The quantitative estimate of drug-likeness (QED) is 0.818. The van der Waals surface area contributed by atoms with Gasteiger partial charge in [-0.2, -0.15) is 0 Å². The molecular formula is C17H26N4O. The minimum absolute atomic E-state index is 0.0204. The summed E-state index contributed by atoms with van der Waals surface area (Å²) < 4.78 is 0. The van der Waals surface area contributed by atoms with Gasteiger partial charge in [-0.15, -0.1) is 0 Å². The van der Waals surface area contributed by atoms with E-state index >= 15 is 0 Å². The van der Waals surface area contributed by atoms with Crippen molar-refractivity contribution >= 4 is 5.91 Å². The Morgan fingerprint density at radius 3 is 2.73 bits per heavy atom. The highest BCUT2D eigenvalue weighted by atomic mass is 16.1. The van der Waals surface area contributed by atoms with E-state index in [2.05, 4.69) is 33.2 Å². The zero-order valence-corrected chi connectivity index (χ0v) is 13.7. The van der Waals surface area contributed by atoms with Crippen LogP contribution in [0.15, 0.2) is 30.1 Å². The van der Waals surface area contributed by atoms with Crippen molar-refractivity contribution in [1.82, 2.24) is 20.2 Å². The van der Waals surface area contributed by atoms with Gasteiger partial charge in [0, 0.05) is 31.4 Å². The van der Waals surface area contributed by atoms with E-state index in [0.717, 1.165) is 38.3 Å². The van der Waals surface area contributed by atoms with Crippen LogP contribution in [-0.2, 0) is 11.3 Å². The molecule has 0 bridgehead atoms. The fourth-order valence-corrected chi connectivity index (χ4v) is 2.63. The van der Waals surface area contributed by atoms with Crippen molar-refractivity contribution in [2.24, 2.45) is 5.92 Å². The van der Waals surface area contributed by atoms with E-state index in [-0.39, 0.29) is 17.9 Å². The van der Waals surface area contributed by atoms with Crippen LogP contribution in [0.3, 0.4) is 0 Å². The summed E-state index contributed by atoms with van der Waals surface area (Å²) >= 11 is 0. The van der Waals surface area contributed by atoms with Crippen LogP contribution in [0.4, 0.5) is 0 Å². The van der Waals surface area contributed by atoms with Gasteiger partial charge in [0.2, 0.25) is 5.91 Å². The van der Waals surface area contributed by atoms with Crippen LogP contribution in [0.2, 0.25) is 0 Å². The molecule has 1 N–H and O–H groups in total. The molecule has 0 fully saturated rings. The second kappa shape index (κ2) is 8.03. The average Bonchev–Trinajstić information content (AvgIpc) is 2.53. The van der Waals surface area contributed by atoms with Crippen LogP contribution in [0, 0.1) is 5.92 Å². The molecule has 0 saturated heterocycles. The van der Waals surface area contributed by atoms with E-state index in [4.69, 9.17) is 0 Å². The molecule has 2 rings (SSSR count). The van der Waals surface area contributed by atoms with E-state index in [1.807, 2.05) is 19.9 Å². The topological polar surface area (TPSA) is 58.1 Å². The monoisotopic (exact) mass is 302 g/mol. The average molecular weight is 302 g/mol. The smallest absolute Gasteiger partial charge is 0.223 e. The lowest BCUT2D eigenvalue weighted by Gasteiger charge is -2.31. The van der Waals surface area contributed by atoms with Gasteiger partial charge in [-0.25, -0.2) is 9.97 Å². The zero-order valence-electron chi connectivity index (χ0n) is 13.7. The maximum absolute atomic E-state index is 12.0. The first kappa shape index (κ1) is 16.6. The third kappa shape index (κ3) is 4.63. The zero-order chi connectivity index (χ0) is 15.9. The number of nitrogens with one attached hydrogen (secondary N) is 1. The lowest BCUT2D eigenvalue weighted by atomic mass is 9.99.